The summed E-state index contributed by atoms with van der Waals surface area (Å²) in [6.07, 6.45) is 13.5. The molecular formula is C56H44. The van der Waals surface area contributed by atoms with Crippen molar-refractivity contribution in [2.75, 3.05) is 0 Å². The van der Waals surface area contributed by atoms with Gasteiger partial charge in [-0.3, -0.25) is 0 Å². The molecule has 0 bridgehead atoms. The molecule has 0 heterocycles. The smallest absolute Gasteiger partial charge is 0.00389 e. The molecule has 0 spiro atoms. The highest BCUT2D eigenvalue weighted by Crippen LogP contribution is 2.31. The van der Waals surface area contributed by atoms with Gasteiger partial charge in [0.05, 0.1) is 0 Å². The summed E-state index contributed by atoms with van der Waals surface area (Å²) in [6.45, 7) is 4.36. The van der Waals surface area contributed by atoms with Crippen molar-refractivity contribution in [2.24, 2.45) is 0 Å². The largest absolute Gasteiger partial charge is 0.0622 e. The van der Waals surface area contributed by atoms with Crippen LogP contribution in [-0.4, -0.2) is 0 Å². The molecule has 0 heteroatoms. The van der Waals surface area contributed by atoms with E-state index in [2.05, 4.69) is 244 Å². The van der Waals surface area contributed by atoms with E-state index in [0.29, 0.717) is 0 Å². The van der Waals surface area contributed by atoms with Crippen molar-refractivity contribution in [1.82, 2.24) is 0 Å². The highest BCUT2D eigenvalue weighted by atomic mass is 14.1. The van der Waals surface area contributed by atoms with Gasteiger partial charge in [0.25, 0.3) is 0 Å². The molecule has 0 saturated heterocycles. The molecule has 0 N–H and O–H groups in total. The lowest BCUT2D eigenvalue weighted by Crippen LogP contribution is -1.91. The number of benzene rings is 8. The van der Waals surface area contributed by atoms with Crippen molar-refractivity contribution in [2.45, 2.75) is 13.8 Å². The van der Waals surface area contributed by atoms with Crippen LogP contribution >= 0.6 is 0 Å². The van der Waals surface area contributed by atoms with Crippen molar-refractivity contribution in [1.29, 1.82) is 0 Å². The summed E-state index contributed by atoms with van der Waals surface area (Å²) < 4.78 is 0. The number of hydrogen-bond donors (Lipinski definition) is 0. The molecule has 0 fully saturated rings. The van der Waals surface area contributed by atoms with E-state index in [1.165, 1.54) is 77.6 Å². The average Bonchev–Trinajstić information content (AvgIpc) is 3.25. The van der Waals surface area contributed by atoms with Crippen LogP contribution in [0.5, 0.6) is 0 Å². The summed E-state index contributed by atoms with van der Waals surface area (Å²) in [5.74, 6) is 0. The van der Waals surface area contributed by atoms with Gasteiger partial charge in [-0.05, 0) is 115 Å². The summed E-state index contributed by atoms with van der Waals surface area (Å²) in [6, 6.07) is 69.3. The third-order valence-electron chi connectivity index (χ3n) is 10.4. The normalized spacial score (nSPS) is 12.2. The first-order valence-corrected chi connectivity index (χ1v) is 19.3. The van der Waals surface area contributed by atoms with Crippen LogP contribution in [0.15, 0.2) is 194 Å². The molecule has 0 unspecified atom stereocenters. The molecule has 0 aromatic heterocycles. The molecule has 8 aromatic carbocycles. The van der Waals surface area contributed by atoms with Crippen LogP contribution in [0, 0.1) is 13.8 Å². The molecule has 0 aliphatic heterocycles. The van der Waals surface area contributed by atoms with E-state index in [-0.39, 0.29) is 0 Å². The van der Waals surface area contributed by atoms with Crippen LogP contribution in [-0.2, 0) is 0 Å². The molecule has 8 rings (SSSR count). The molecule has 0 radical (unpaired) electrons. The molecule has 0 amide bonds. The van der Waals surface area contributed by atoms with Crippen molar-refractivity contribution >= 4 is 58.4 Å². The first kappa shape index (κ1) is 36.0. The van der Waals surface area contributed by atoms with Crippen molar-refractivity contribution in [3.05, 3.63) is 261 Å². The van der Waals surface area contributed by atoms with Crippen LogP contribution in [0.1, 0.15) is 66.8 Å². The second-order valence-electron chi connectivity index (χ2n) is 14.3. The molecule has 0 aliphatic rings. The van der Waals surface area contributed by atoms with E-state index in [1.54, 1.807) is 0 Å². The number of fused-ring (bicyclic) bond motifs is 1. The molecule has 268 valence electrons. The lowest BCUT2D eigenvalue weighted by atomic mass is 9.92. The van der Waals surface area contributed by atoms with Gasteiger partial charge >= 0.3 is 0 Å². The molecule has 0 saturated carbocycles. The molecule has 0 nitrogen and oxygen atoms in total. The fourth-order valence-electron chi connectivity index (χ4n) is 7.41. The predicted molar refractivity (Wildman–Crippen MR) is 244 cm³/mol. The topological polar surface area (TPSA) is 0 Å². The highest BCUT2D eigenvalue weighted by molar-refractivity contribution is 6.00. The van der Waals surface area contributed by atoms with Crippen molar-refractivity contribution in [3.8, 4) is 0 Å². The van der Waals surface area contributed by atoms with Gasteiger partial charge in [0.15, 0.2) is 0 Å². The maximum absolute atomic E-state index is 2.30. The molecule has 0 atom stereocenters. The molecule has 8 aromatic rings. The SMILES string of the molecule is Cc1ccccc1/C(=C/c1ccc(/C=C\c2cccc3cccc(/C=C\c4ccc(/C=C(\c5ccccc5)c5ccccc5C)cc4)c23)cc1)c1ccccc1. The van der Waals surface area contributed by atoms with Crippen LogP contribution in [0.25, 0.3) is 58.4 Å². The first-order chi connectivity index (χ1) is 27.6. The fourth-order valence-corrected chi connectivity index (χ4v) is 7.41. The second-order valence-corrected chi connectivity index (χ2v) is 14.3. The Balaban J connectivity index is 1.04. The van der Waals surface area contributed by atoms with Crippen LogP contribution < -0.4 is 0 Å². The second kappa shape index (κ2) is 17.0. The minimum Gasteiger partial charge on any atom is -0.0622 e. The Morgan fingerprint density at radius 2 is 0.696 bits per heavy atom. The average molecular weight is 717 g/mol. The summed E-state index contributed by atoms with van der Waals surface area (Å²) in [4.78, 5) is 0. The monoisotopic (exact) mass is 716 g/mol. The summed E-state index contributed by atoms with van der Waals surface area (Å²) in [5, 5.41) is 2.47. The number of rotatable bonds is 10. The first-order valence-electron chi connectivity index (χ1n) is 19.3. The Bertz CT molecular complexity index is 2520. The molecule has 56 heavy (non-hydrogen) atoms. The Labute approximate surface area is 331 Å². The van der Waals surface area contributed by atoms with E-state index >= 15 is 0 Å². The quantitative estimate of drug-likeness (QED) is 0.124. The lowest BCUT2D eigenvalue weighted by molar-refractivity contribution is 1.42. The van der Waals surface area contributed by atoms with Crippen molar-refractivity contribution in [3.63, 3.8) is 0 Å². The minimum atomic E-state index is 1.16. The Kier molecular flexibility index (Phi) is 10.9. The third-order valence-corrected chi connectivity index (χ3v) is 10.4. The number of aryl methyl sites for hydroxylation is 2. The van der Waals surface area contributed by atoms with Gasteiger partial charge in [-0.2, -0.15) is 0 Å². The van der Waals surface area contributed by atoms with Gasteiger partial charge in [-0.25, -0.2) is 0 Å². The van der Waals surface area contributed by atoms with Crippen LogP contribution in [0.4, 0.5) is 0 Å². The van der Waals surface area contributed by atoms with Gasteiger partial charge < -0.3 is 0 Å². The van der Waals surface area contributed by atoms with E-state index in [9.17, 15) is 0 Å². The summed E-state index contributed by atoms with van der Waals surface area (Å²) >= 11 is 0. The maximum Gasteiger partial charge on any atom is -0.00389 e. The van der Waals surface area contributed by atoms with Crippen LogP contribution in [0.2, 0.25) is 0 Å². The van der Waals surface area contributed by atoms with E-state index < -0.39 is 0 Å². The van der Waals surface area contributed by atoms with Gasteiger partial charge in [0.1, 0.15) is 0 Å². The Morgan fingerprint density at radius 1 is 0.321 bits per heavy atom. The molecule has 0 aliphatic carbocycles. The third kappa shape index (κ3) is 8.36. The predicted octanol–water partition coefficient (Wildman–Crippen LogP) is 15.0. The van der Waals surface area contributed by atoms with Gasteiger partial charge in [0, 0.05) is 0 Å². The zero-order chi connectivity index (χ0) is 38.1. The van der Waals surface area contributed by atoms with Crippen LogP contribution in [0.3, 0.4) is 0 Å². The zero-order valence-electron chi connectivity index (χ0n) is 31.9. The number of hydrogen-bond acceptors (Lipinski definition) is 0. The van der Waals surface area contributed by atoms with E-state index in [4.69, 9.17) is 0 Å². The summed E-state index contributed by atoms with van der Waals surface area (Å²) in [7, 11) is 0. The molecular weight excluding hydrogens is 673 g/mol. The highest BCUT2D eigenvalue weighted by Gasteiger charge is 2.10. The van der Waals surface area contributed by atoms with Crippen molar-refractivity contribution < 1.29 is 0 Å². The zero-order valence-corrected chi connectivity index (χ0v) is 31.9. The minimum absolute atomic E-state index is 1.16. The Morgan fingerprint density at radius 3 is 1.11 bits per heavy atom. The van der Waals surface area contributed by atoms with E-state index in [1.807, 2.05) is 0 Å². The lowest BCUT2D eigenvalue weighted by Gasteiger charge is -2.12. The van der Waals surface area contributed by atoms with E-state index in [0.717, 1.165) is 11.1 Å². The summed E-state index contributed by atoms with van der Waals surface area (Å²) in [5.41, 5.74) is 17.0. The Hall–Kier alpha value is -7.02. The van der Waals surface area contributed by atoms with Gasteiger partial charge in [-0.1, -0.05) is 218 Å². The van der Waals surface area contributed by atoms with Gasteiger partial charge in [-0.15, -0.1) is 0 Å². The standard InChI is InChI=1S/C56H44/c1-41-15-9-11-25-52(41)54(47-17-5-3-6-18-47)39-45-31-27-43(28-32-45)35-37-50-23-13-21-49-22-14-24-51(56(49)50)38-36-44-29-33-46(34-30-44)40-55(48-19-7-4-8-20-48)53-26-12-10-16-42(53)2/h3-40H,1-2H3/b37-35-,38-36-,54-39+,55-40+. The van der Waals surface area contributed by atoms with Gasteiger partial charge in [0.2, 0.25) is 0 Å². The maximum atomic E-state index is 2.30. The fraction of sp³-hybridized carbons (Fsp3) is 0.0357.